The molecule has 0 radical (unpaired) electrons. The Morgan fingerprint density at radius 1 is 1.20 bits per heavy atom. The van der Waals surface area contributed by atoms with Crippen LogP contribution in [0.4, 0.5) is 0 Å². The van der Waals surface area contributed by atoms with Crippen LogP contribution in [-0.4, -0.2) is 11.5 Å². The van der Waals surface area contributed by atoms with Crippen molar-refractivity contribution in [3.05, 3.63) is 15.6 Å². The molecule has 1 aromatic rings. The van der Waals surface area contributed by atoms with Crippen LogP contribution in [0.5, 0.6) is 0 Å². The van der Waals surface area contributed by atoms with E-state index in [1.807, 2.05) is 11.3 Å². The van der Waals surface area contributed by atoms with Crippen molar-refractivity contribution in [2.24, 2.45) is 0 Å². The van der Waals surface area contributed by atoms with E-state index in [1.54, 1.807) is 0 Å². The van der Waals surface area contributed by atoms with Crippen LogP contribution >= 0.6 is 11.3 Å². The van der Waals surface area contributed by atoms with Crippen LogP contribution < -0.4 is 5.32 Å². The van der Waals surface area contributed by atoms with E-state index >= 15 is 0 Å². The summed E-state index contributed by atoms with van der Waals surface area (Å²) in [6.07, 6.45) is 5.30. The number of hydrogen-bond acceptors (Lipinski definition) is 3. The van der Waals surface area contributed by atoms with Gasteiger partial charge in [-0.1, -0.05) is 26.2 Å². The van der Waals surface area contributed by atoms with Gasteiger partial charge in [0.15, 0.2) is 0 Å². The third-order valence-corrected chi connectivity index (χ3v) is 3.63. The highest BCUT2D eigenvalue weighted by Crippen LogP contribution is 2.15. The van der Waals surface area contributed by atoms with E-state index in [2.05, 4.69) is 31.1 Å². The van der Waals surface area contributed by atoms with E-state index in [4.69, 9.17) is 0 Å². The van der Waals surface area contributed by atoms with Gasteiger partial charge >= 0.3 is 0 Å². The molecule has 0 fully saturated rings. The summed E-state index contributed by atoms with van der Waals surface area (Å²) in [5.41, 5.74) is 1.18. The first-order chi connectivity index (χ1) is 7.24. The minimum atomic E-state index is 0.936. The predicted octanol–water partition coefficient (Wildman–Crippen LogP) is 3.43. The number of hydrogen-bond donors (Lipinski definition) is 1. The lowest BCUT2D eigenvalue weighted by Gasteiger charge is -2.01. The van der Waals surface area contributed by atoms with Gasteiger partial charge in [0.25, 0.3) is 0 Å². The Kier molecular flexibility index (Phi) is 5.88. The molecule has 2 nitrogen and oxygen atoms in total. The third-order valence-electron chi connectivity index (χ3n) is 2.56. The van der Waals surface area contributed by atoms with Crippen molar-refractivity contribution < 1.29 is 0 Å². The molecule has 0 aliphatic heterocycles. The van der Waals surface area contributed by atoms with Gasteiger partial charge in [0, 0.05) is 11.4 Å². The fraction of sp³-hybridized carbons (Fsp3) is 0.750. The fourth-order valence-corrected chi connectivity index (χ4v) is 2.39. The molecular weight excluding hydrogens is 204 g/mol. The monoisotopic (exact) mass is 226 g/mol. The topological polar surface area (TPSA) is 24.9 Å². The van der Waals surface area contributed by atoms with Crippen molar-refractivity contribution in [2.45, 2.75) is 53.0 Å². The Morgan fingerprint density at radius 2 is 2.00 bits per heavy atom. The lowest BCUT2D eigenvalue weighted by Crippen LogP contribution is -2.14. The molecule has 0 saturated carbocycles. The summed E-state index contributed by atoms with van der Waals surface area (Å²) in [6, 6.07) is 0. The molecule has 0 unspecified atom stereocenters. The van der Waals surface area contributed by atoms with Crippen LogP contribution in [0, 0.1) is 13.8 Å². The zero-order chi connectivity index (χ0) is 11.1. The Morgan fingerprint density at radius 3 is 2.60 bits per heavy atom. The Labute approximate surface area is 97.1 Å². The standard InChI is InChI=1S/C12H22N2S/c1-4-5-6-7-8-13-9-12-14-10(2)11(3)15-12/h13H,4-9H2,1-3H3. The van der Waals surface area contributed by atoms with Gasteiger partial charge in [0.05, 0.1) is 5.69 Å². The number of aryl methyl sites for hydroxylation is 2. The molecule has 0 atom stereocenters. The van der Waals surface area contributed by atoms with Crippen LogP contribution in [0.15, 0.2) is 0 Å². The van der Waals surface area contributed by atoms with E-state index in [0.29, 0.717) is 0 Å². The number of nitrogens with zero attached hydrogens (tertiary/aromatic N) is 1. The van der Waals surface area contributed by atoms with Crippen molar-refractivity contribution in [2.75, 3.05) is 6.54 Å². The lowest BCUT2D eigenvalue weighted by molar-refractivity contribution is 0.597. The highest BCUT2D eigenvalue weighted by molar-refractivity contribution is 7.11. The van der Waals surface area contributed by atoms with Gasteiger partial charge in [-0.3, -0.25) is 0 Å². The molecule has 3 heteroatoms. The summed E-state index contributed by atoms with van der Waals surface area (Å²) in [4.78, 5) is 5.85. The Hall–Kier alpha value is -0.410. The molecule has 0 aromatic carbocycles. The molecule has 0 aliphatic rings. The van der Waals surface area contributed by atoms with Crippen LogP contribution in [0.2, 0.25) is 0 Å². The van der Waals surface area contributed by atoms with Crippen molar-refractivity contribution in [3.63, 3.8) is 0 Å². The molecule has 1 rings (SSSR count). The lowest BCUT2D eigenvalue weighted by atomic mass is 10.2. The number of aromatic nitrogens is 1. The van der Waals surface area contributed by atoms with Crippen molar-refractivity contribution >= 4 is 11.3 Å². The van der Waals surface area contributed by atoms with Crippen LogP contribution in [-0.2, 0) is 6.54 Å². The molecule has 0 amide bonds. The fourth-order valence-electron chi connectivity index (χ4n) is 1.49. The normalized spacial score (nSPS) is 10.9. The first-order valence-electron chi connectivity index (χ1n) is 5.87. The maximum Gasteiger partial charge on any atom is 0.107 e. The second kappa shape index (κ2) is 6.96. The van der Waals surface area contributed by atoms with Gasteiger partial charge in [-0.15, -0.1) is 11.3 Å². The van der Waals surface area contributed by atoms with Gasteiger partial charge in [0.1, 0.15) is 5.01 Å². The van der Waals surface area contributed by atoms with Gasteiger partial charge in [-0.25, -0.2) is 4.98 Å². The van der Waals surface area contributed by atoms with Crippen molar-refractivity contribution in [1.82, 2.24) is 10.3 Å². The average molecular weight is 226 g/mol. The zero-order valence-corrected chi connectivity index (χ0v) is 10.9. The second-order valence-corrected chi connectivity index (χ2v) is 5.27. The van der Waals surface area contributed by atoms with Crippen LogP contribution in [0.25, 0.3) is 0 Å². The quantitative estimate of drug-likeness (QED) is 0.721. The second-order valence-electron chi connectivity index (χ2n) is 3.99. The molecule has 0 saturated heterocycles. The number of unbranched alkanes of at least 4 members (excludes halogenated alkanes) is 3. The molecule has 0 aliphatic carbocycles. The van der Waals surface area contributed by atoms with E-state index in [9.17, 15) is 0 Å². The van der Waals surface area contributed by atoms with E-state index < -0.39 is 0 Å². The smallest absolute Gasteiger partial charge is 0.107 e. The van der Waals surface area contributed by atoms with Gasteiger partial charge in [0.2, 0.25) is 0 Å². The molecule has 86 valence electrons. The molecule has 1 heterocycles. The van der Waals surface area contributed by atoms with Crippen LogP contribution in [0.1, 0.15) is 48.2 Å². The number of rotatable bonds is 7. The maximum atomic E-state index is 4.50. The Balaban J connectivity index is 2.10. The predicted molar refractivity (Wildman–Crippen MR) is 67.4 cm³/mol. The summed E-state index contributed by atoms with van der Waals surface area (Å²) >= 11 is 1.81. The average Bonchev–Trinajstić information content (AvgIpc) is 2.52. The van der Waals surface area contributed by atoms with Gasteiger partial charge < -0.3 is 5.32 Å². The first kappa shape index (κ1) is 12.7. The van der Waals surface area contributed by atoms with E-state index in [0.717, 1.165) is 13.1 Å². The minimum Gasteiger partial charge on any atom is -0.310 e. The molecule has 0 bridgehead atoms. The van der Waals surface area contributed by atoms with Crippen molar-refractivity contribution in [1.29, 1.82) is 0 Å². The molecule has 1 N–H and O–H groups in total. The summed E-state index contributed by atoms with van der Waals surface area (Å²) in [5.74, 6) is 0. The van der Waals surface area contributed by atoms with E-state index in [-0.39, 0.29) is 0 Å². The molecule has 1 aromatic heterocycles. The first-order valence-corrected chi connectivity index (χ1v) is 6.69. The molecular formula is C12H22N2S. The molecule has 0 spiro atoms. The van der Waals surface area contributed by atoms with Crippen LogP contribution in [0.3, 0.4) is 0 Å². The highest BCUT2D eigenvalue weighted by atomic mass is 32.1. The summed E-state index contributed by atoms with van der Waals surface area (Å²) < 4.78 is 0. The van der Waals surface area contributed by atoms with Crippen molar-refractivity contribution in [3.8, 4) is 0 Å². The maximum absolute atomic E-state index is 4.50. The zero-order valence-electron chi connectivity index (χ0n) is 10.1. The summed E-state index contributed by atoms with van der Waals surface area (Å²) in [5, 5.41) is 4.67. The number of thiazole rings is 1. The number of nitrogens with one attached hydrogen (secondary N) is 1. The summed E-state index contributed by atoms with van der Waals surface area (Å²) in [7, 11) is 0. The highest BCUT2D eigenvalue weighted by Gasteiger charge is 2.02. The van der Waals surface area contributed by atoms with E-state index in [1.165, 1.54) is 41.3 Å². The minimum absolute atomic E-state index is 0.936. The van der Waals surface area contributed by atoms with Gasteiger partial charge in [-0.2, -0.15) is 0 Å². The largest absolute Gasteiger partial charge is 0.310 e. The molecule has 15 heavy (non-hydrogen) atoms. The van der Waals surface area contributed by atoms with Gasteiger partial charge in [-0.05, 0) is 26.8 Å². The third kappa shape index (κ3) is 4.76. The SMILES string of the molecule is CCCCCCNCc1nc(C)c(C)s1. The summed E-state index contributed by atoms with van der Waals surface area (Å²) in [6.45, 7) is 8.52. The Bertz CT molecular complexity index is 262.